The zero-order valence-corrected chi connectivity index (χ0v) is 31.3. The molecule has 0 fully saturated rings. The molecule has 11 aromatic rings. The summed E-state index contributed by atoms with van der Waals surface area (Å²) in [6, 6.07) is 58.6. The fourth-order valence-corrected chi connectivity index (χ4v) is 7.85. The first kappa shape index (κ1) is 32.8. The van der Waals surface area contributed by atoms with Crippen LogP contribution in [0.3, 0.4) is 0 Å². The van der Waals surface area contributed by atoms with Crippen molar-refractivity contribution in [3.63, 3.8) is 0 Å². The van der Waals surface area contributed by atoms with E-state index in [1.807, 2.05) is 9.36 Å². The van der Waals surface area contributed by atoms with Crippen LogP contribution < -0.4 is 0 Å². The van der Waals surface area contributed by atoms with Crippen molar-refractivity contribution < 1.29 is 4.42 Å². The van der Waals surface area contributed by atoms with Crippen LogP contribution in [0.15, 0.2) is 174 Å². The second kappa shape index (κ2) is 13.0. The molecule has 0 unspecified atom stereocenters. The largest absolute Gasteiger partial charge is 0.456 e. The number of nitrogens with zero attached hydrogens (tertiary/aromatic N) is 6. The molecule has 0 aliphatic rings. The molecule has 0 bridgehead atoms. The molecule has 3 heterocycles. The molecule has 0 radical (unpaired) electrons. The minimum absolute atomic E-state index is 0.660. The smallest absolute Gasteiger partial charge is 0.182 e. The van der Waals surface area contributed by atoms with Crippen LogP contribution in [0.25, 0.3) is 100 Å². The van der Waals surface area contributed by atoms with Crippen molar-refractivity contribution in [3.05, 3.63) is 181 Å². The van der Waals surface area contributed by atoms with E-state index in [0.29, 0.717) is 11.6 Å². The first-order valence-corrected chi connectivity index (χ1v) is 19.1. The van der Waals surface area contributed by atoms with Gasteiger partial charge in [-0.25, -0.2) is 19.3 Å². The van der Waals surface area contributed by atoms with Gasteiger partial charge in [-0.3, -0.25) is 0 Å². The van der Waals surface area contributed by atoms with E-state index >= 15 is 0 Å². The second-order valence-electron chi connectivity index (χ2n) is 14.6. The van der Waals surface area contributed by atoms with Crippen molar-refractivity contribution in [1.29, 1.82) is 0 Å². The third kappa shape index (κ3) is 5.59. The number of hydrogen-bond donors (Lipinski definition) is 0. The fourth-order valence-electron chi connectivity index (χ4n) is 7.85. The Hall–Kier alpha value is -7.64. The lowest BCUT2D eigenvalue weighted by molar-refractivity contribution is 0.667. The predicted molar refractivity (Wildman–Crippen MR) is 230 cm³/mol. The van der Waals surface area contributed by atoms with Gasteiger partial charge < -0.3 is 4.42 Å². The predicted octanol–water partition coefficient (Wildman–Crippen LogP) is 12.3. The monoisotopic (exact) mass is 734 g/mol. The van der Waals surface area contributed by atoms with Gasteiger partial charge in [-0.15, -0.1) is 10.2 Å². The van der Waals surface area contributed by atoms with Gasteiger partial charge in [0, 0.05) is 45.2 Å². The Morgan fingerprint density at radius 2 is 0.895 bits per heavy atom. The highest BCUT2D eigenvalue weighted by Crippen LogP contribution is 2.36. The van der Waals surface area contributed by atoms with Crippen LogP contribution in [-0.4, -0.2) is 29.5 Å². The number of aryl methyl sites for hydroxylation is 2. The maximum atomic E-state index is 6.68. The molecule has 11 rings (SSSR count). The third-order valence-electron chi connectivity index (χ3n) is 10.8. The van der Waals surface area contributed by atoms with Gasteiger partial charge in [0.2, 0.25) is 0 Å². The Labute approximate surface area is 328 Å². The van der Waals surface area contributed by atoms with E-state index in [4.69, 9.17) is 24.6 Å². The van der Waals surface area contributed by atoms with E-state index in [1.54, 1.807) is 0 Å². The van der Waals surface area contributed by atoms with Gasteiger partial charge in [-0.2, -0.15) is 0 Å². The summed E-state index contributed by atoms with van der Waals surface area (Å²) in [5, 5.41) is 16.8. The van der Waals surface area contributed by atoms with Crippen molar-refractivity contribution in [3.8, 4) is 56.9 Å². The van der Waals surface area contributed by atoms with Gasteiger partial charge in [0.05, 0.1) is 11.4 Å². The molecule has 0 aliphatic carbocycles. The average Bonchev–Trinajstić information content (AvgIpc) is 3.99. The average molecular weight is 735 g/mol. The van der Waals surface area contributed by atoms with Gasteiger partial charge in [-0.05, 0) is 59.7 Å². The van der Waals surface area contributed by atoms with E-state index in [1.165, 1.54) is 11.1 Å². The molecule has 0 amide bonds. The van der Waals surface area contributed by atoms with Crippen molar-refractivity contribution in [1.82, 2.24) is 29.5 Å². The number of aromatic nitrogens is 6. The lowest BCUT2D eigenvalue weighted by Crippen LogP contribution is -2.00. The molecular weight excluding hydrogens is 701 g/mol. The van der Waals surface area contributed by atoms with Gasteiger partial charge in [0.25, 0.3) is 0 Å². The number of rotatable bonds is 6. The summed E-state index contributed by atoms with van der Waals surface area (Å²) < 4.78 is 10.6. The lowest BCUT2D eigenvalue weighted by Gasteiger charge is -2.09. The topological polar surface area (TPSA) is 74.6 Å². The van der Waals surface area contributed by atoms with Crippen LogP contribution >= 0.6 is 0 Å². The SMILES string of the molecule is Cc1ccc(-c2nc(-c3cccc4ccccc34)n(-c3ccc4c(c3)oc3cc(-n5nc(-c6cccc7ccccc67)nc5-c5ccc(C)cc5)ccc34)n2)cc1. The first-order valence-electron chi connectivity index (χ1n) is 19.1. The Morgan fingerprint density at radius 3 is 1.53 bits per heavy atom. The molecule has 0 spiro atoms. The summed E-state index contributed by atoms with van der Waals surface area (Å²) >= 11 is 0. The molecule has 0 aliphatic heterocycles. The normalized spacial score (nSPS) is 11.7. The van der Waals surface area contributed by atoms with Crippen LogP contribution in [0.5, 0.6) is 0 Å². The maximum absolute atomic E-state index is 6.68. The number of benzene rings is 8. The van der Waals surface area contributed by atoms with Crippen LogP contribution in [0.1, 0.15) is 11.1 Å². The molecule has 7 nitrogen and oxygen atoms in total. The van der Waals surface area contributed by atoms with Crippen LogP contribution in [0.2, 0.25) is 0 Å². The van der Waals surface area contributed by atoms with Gasteiger partial charge in [0.1, 0.15) is 11.2 Å². The third-order valence-corrected chi connectivity index (χ3v) is 10.8. The molecule has 0 saturated carbocycles. The van der Waals surface area contributed by atoms with E-state index < -0.39 is 0 Å². The van der Waals surface area contributed by atoms with Gasteiger partial charge in [0.15, 0.2) is 23.3 Å². The summed E-state index contributed by atoms with van der Waals surface area (Å²) in [5.74, 6) is 2.84. The van der Waals surface area contributed by atoms with Gasteiger partial charge >= 0.3 is 0 Å². The maximum Gasteiger partial charge on any atom is 0.182 e. The van der Waals surface area contributed by atoms with Crippen molar-refractivity contribution in [2.45, 2.75) is 13.8 Å². The minimum Gasteiger partial charge on any atom is -0.456 e. The standard InChI is InChI=1S/C50H34N6O/c1-31-17-21-35(22-18-31)47-51-50(44-16-8-12-34-10-4-6-14-40(34)44)56(53-47)38-26-28-42-41-27-25-37(29-45(41)57-46(42)30-38)55-49(36-23-19-32(2)20-24-36)52-48(54-55)43-15-7-11-33-9-3-5-13-39(33)43/h3-30H,1-2H3. The summed E-state index contributed by atoms with van der Waals surface area (Å²) in [7, 11) is 0. The van der Waals surface area contributed by atoms with Crippen molar-refractivity contribution >= 4 is 43.5 Å². The minimum atomic E-state index is 0.660. The van der Waals surface area contributed by atoms with Crippen LogP contribution in [-0.2, 0) is 0 Å². The Kier molecular flexibility index (Phi) is 7.47. The molecular formula is C50H34N6O. The molecule has 3 aromatic heterocycles. The van der Waals surface area contributed by atoms with Crippen molar-refractivity contribution in [2.24, 2.45) is 0 Å². The zero-order valence-electron chi connectivity index (χ0n) is 31.3. The molecule has 0 atom stereocenters. The van der Waals surface area contributed by atoms with E-state index in [9.17, 15) is 0 Å². The van der Waals surface area contributed by atoms with Crippen LogP contribution in [0.4, 0.5) is 0 Å². The summed E-state index contributed by atoms with van der Waals surface area (Å²) in [6.07, 6.45) is 0. The fraction of sp³-hybridized carbons (Fsp3) is 0.0400. The van der Waals surface area contributed by atoms with Crippen molar-refractivity contribution in [2.75, 3.05) is 0 Å². The molecule has 0 saturated heterocycles. The van der Waals surface area contributed by atoms with Gasteiger partial charge in [-0.1, -0.05) is 145 Å². The first-order chi connectivity index (χ1) is 28.0. The molecule has 7 heteroatoms. The number of hydrogen-bond acceptors (Lipinski definition) is 5. The second-order valence-corrected chi connectivity index (χ2v) is 14.6. The van der Waals surface area contributed by atoms with E-state index in [2.05, 4.69) is 184 Å². The Morgan fingerprint density at radius 1 is 0.404 bits per heavy atom. The molecule has 0 N–H and O–H groups in total. The van der Waals surface area contributed by atoms with Crippen LogP contribution in [0, 0.1) is 13.8 Å². The Balaban J connectivity index is 1.05. The Bertz CT molecular complexity index is 3300. The molecule has 8 aromatic carbocycles. The highest BCUT2D eigenvalue weighted by molar-refractivity contribution is 6.06. The van der Waals surface area contributed by atoms with E-state index in [0.717, 1.165) is 88.8 Å². The van der Waals surface area contributed by atoms with E-state index in [-0.39, 0.29) is 0 Å². The lowest BCUT2D eigenvalue weighted by atomic mass is 10.0. The summed E-state index contributed by atoms with van der Waals surface area (Å²) in [4.78, 5) is 10.3. The number of furan rings is 1. The summed E-state index contributed by atoms with van der Waals surface area (Å²) in [6.45, 7) is 4.18. The highest BCUT2D eigenvalue weighted by atomic mass is 16.3. The number of fused-ring (bicyclic) bond motifs is 5. The quantitative estimate of drug-likeness (QED) is 0.170. The molecule has 57 heavy (non-hydrogen) atoms. The summed E-state index contributed by atoms with van der Waals surface area (Å²) in [5.41, 5.74) is 9.52. The highest BCUT2D eigenvalue weighted by Gasteiger charge is 2.21. The zero-order chi connectivity index (χ0) is 38.0. The molecule has 270 valence electrons.